The molecule has 2 saturated carbocycles. The van der Waals surface area contributed by atoms with Crippen molar-refractivity contribution in [3.05, 3.63) is 215 Å². The van der Waals surface area contributed by atoms with Gasteiger partial charge in [-0.3, -0.25) is 0 Å². The van der Waals surface area contributed by atoms with Crippen LogP contribution in [0, 0.1) is 18.8 Å². The van der Waals surface area contributed by atoms with E-state index in [1.807, 2.05) is 11.3 Å². The summed E-state index contributed by atoms with van der Waals surface area (Å²) in [4.78, 5) is 7.84. The minimum Gasteiger partial charge on any atom is -0.454 e. The van der Waals surface area contributed by atoms with E-state index in [-0.39, 0.29) is 33.8 Å². The maximum Gasteiger partial charge on any atom is 0.264 e. The Kier molecular flexibility index (Phi) is 10.9. The molecule has 11 aromatic rings. The molecule has 1 spiro atoms. The zero-order valence-corrected chi connectivity index (χ0v) is 52.7. The van der Waals surface area contributed by atoms with Gasteiger partial charge in [0, 0.05) is 70.9 Å². The van der Waals surface area contributed by atoms with Gasteiger partial charge in [0.05, 0.1) is 11.4 Å². The molecule has 2 aromatic heterocycles. The summed E-state index contributed by atoms with van der Waals surface area (Å²) in [5.41, 5.74) is 28.2. The van der Waals surface area contributed by atoms with Gasteiger partial charge in [-0.15, -0.1) is 11.3 Å². The summed E-state index contributed by atoms with van der Waals surface area (Å²) in [7, 11) is 0. The highest BCUT2D eigenvalue weighted by Gasteiger charge is 2.60. The molecule has 0 amide bonds. The van der Waals surface area contributed by atoms with Crippen LogP contribution in [-0.2, 0) is 27.1 Å². The van der Waals surface area contributed by atoms with Gasteiger partial charge in [-0.25, -0.2) is 0 Å². The fourth-order valence-corrected chi connectivity index (χ4v) is 18.9. The third-order valence-electron chi connectivity index (χ3n) is 22.0. The summed E-state index contributed by atoms with van der Waals surface area (Å²) in [6, 6.07) is 69.0. The smallest absolute Gasteiger partial charge is 0.264 e. The number of thiophene rings is 1. The first-order chi connectivity index (χ1) is 41.3. The number of furan rings is 1. The van der Waals surface area contributed by atoms with Gasteiger partial charge in [-0.1, -0.05) is 160 Å². The van der Waals surface area contributed by atoms with E-state index in [4.69, 9.17) is 4.42 Å². The van der Waals surface area contributed by atoms with Crippen LogP contribution in [0.15, 0.2) is 180 Å². The zero-order valence-electron chi connectivity index (χ0n) is 51.9. The Bertz CT molecular complexity index is 4600. The normalized spacial score (nSPS) is 20.2. The van der Waals surface area contributed by atoms with Gasteiger partial charge in [-0.05, 0) is 225 Å². The molecule has 2 aliphatic heterocycles. The third-order valence-corrected chi connectivity index (χ3v) is 23.2. The maximum atomic E-state index is 7.13. The van der Waals surface area contributed by atoms with E-state index in [0.29, 0.717) is 11.8 Å². The van der Waals surface area contributed by atoms with Crippen LogP contribution >= 0.6 is 11.3 Å². The van der Waals surface area contributed by atoms with Crippen molar-refractivity contribution in [3.8, 4) is 11.1 Å². The summed E-state index contributed by atoms with van der Waals surface area (Å²) >= 11 is 2.05. The molecule has 0 saturated heterocycles. The second kappa shape index (κ2) is 17.9. The minimum absolute atomic E-state index is 0.0169. The quantitative estimate of drug-likeness (QED) is 0.160. The van der Waals surface area contributed by atoms with Crippen molar-refractivity contribution < 1.29 is 4.42 Å². The second-order valence-electron chi connectivity index (χ2n) is 29.9. The molecule has 86 heavy (non-hydrogen) atoms. The van der Waals surface area contributed by atoms with E-state index >= 15 is 0 Å². The van der Waals surface area contributed by atoms with Gasteiger partial charge in [0.1, 0.15) is 5.58 Å². The molecule has 4 heterocycles. The Morgan fingerprint density at radius 2 is 1.10 bits per heavy atom. The number of anilines is 9. The van der Waals surface area contributed by atoms with Crippen LogP contribution in [-0.4, -0.2) is 6.71 Å². The number of aryl methyl sites for hydroxylation is 1. The maximum absolute atomic E-state index is 7.13. The van der Waals surface area contributed by atoms with Crippen LogP contribution in [0.2, 0.25) is 0 Å². The number of rotatable bonds is 5. The van der Waals surface area contributed by atoms with Crippen LogP contribution in [0.3, 0.4) is 0 Å². The van der Waals surface area contributed by atoms with Crippen molar-refractivity contribution in [2.24, 2.45) is 11.8 Å². The standard InChI is InChI=1S/C80H76BN3OS/c1-47-41-68-72-69(42-47)84(66-21-16-19-59-58-18-13-15-22-70(58)85-74(59)66)67-44-55(82(52-31-27-48(28-32-52)76(2,3)4)53-33-29-49(30-34-53)77(5,6)7)36-38-65(67)81(72)75-73(60-45-63-64(46-71(60)86-75)79(10,11)40-39-78(63,8)9)83(68)54-35-37-57-56-17-12-14-20-61(56)80(62(57)43-54)50-23-24-51(80)26-25-50/h12-22,27-38,41-46,50-51H,23-26,39-40H2,1-11H3. The lowest BCUT2D eigenvalue weighted by molar-refractivity contribution is 0.332. The summed E-state index contributed by atoms with van der Waals surface area (Å²) in [6.07, 6.45) is 7.60. The number of nitrogens with zero attached hydrogens (tertiary/aromatic N) is 3. The molecule has 2 fully saturated rings. The van der Waals surface area contributed by atoms with Crippen LogP contribution in [0.25, 0.3) is 43.2 Å². The molecule has 0 atom stereocenters. The minimum atomic E-state index is -0.0567. The second-order valence-corrected chi connectivity index (χ2v) is 31.0. The topological polar surface area (TPSA) is 22.9 Å². The lowest BCUT2D eigenvalue weighted by atomic mass is 9.36. The van der Waals surface area contributed by atoms with Crippen LogP contribution in [0.1, 0.15) is 147 Å². The number of hydrogen-bond acceptors (Lipinski definition) is 5. The lowest BCUT2D eigenvalue weighted by Gasteiger charge is -2.44. The zero-order chi connectivity index (χ0) is 58.7. The highest BCUT2D eigenvalue weighted by Crippen LogP contribution is 2.68. The highest BCUT2D eigenvalue weighted by atomic mass is 32.1. The van der Waals surface area contributed by atoms with Gasteiger partial charge in [0.15, 0.2) is 5.58 Å². The number of fused-ring (bicyclic) bond motifs is 13. The summed E-state index contributed by atoms with van der Waals surface area (Å²) in [5.74, 6) is 1.32. The van der Waals surface area contributed by atoms with E-state index in [0.717, 1.165) is 44.7 Å². The summed E-state index contributed by atoms with van der Waals surface area (Å²) in [6.45, 7) is 26.1. The van der Waals surface area contributed by atoms with Gasteiger partial charge < -0.3 is 19.1 Å². The molecule has 6 aliphatic rings. The monoisotopic (exact) mass is 1140 g/mol. The first-order valence-corrected chi connectivity index (χ1v) is 32.8. The van der Waals surface area contributed by atoms with Gasteiger partial charge in [0.2, 0.25) is 0 Å². The van der Waals surface area contributed by atoms with E-state index < -0.39 is 0 Å². The Morgan fingerprint density at radius 3 is 1.78 bits per heavy atom. The van der Waals surface area contributed by atoms with Crippen LogP contribution in [0.4, 0.5) is 51.2 Å². The first-order valence-electron chi connectivity index (χ1n) is 31.9. The Hall–Kier alpha value is -7.80. The fraction of sp³-hybridized carbons (Fsp3) is 0.300. The summed E-state index contributed by atoms with van der Waals surface area (Å²) < 4.78 is 9.93. The average molecular weight is 1140 g/mol. The van der Waals surface area contributed by atoms with Crippen molar-refractivity contribution in [2.45, 2.75) is 142 Å². The van der Waals surface area contributed by atoms with Gasteiger partial charge in [-0.2, -0.15) is 0 Å². The van der Waals surface area contributed by atoms with E-state index in [1.54, 1.807) is 11.1 Å². The predicted octanol–water partition coefficient (Wildman–Crippen LogP) is 20.7. The van der Waals surface area contributed by atoms with E-state index in [2.05, 4.69) is 267 Å². The molecule has 0 radical (unpaired) electrons. The molecule has 6 heteroatoms. The molecule has 426 valence electrons. The van der Waals surface area contributed by atoms with Gasteiger partial charge >= 0.3 is 0 Å². The molecule has 2 bridgehead atoms. The highest BCUT2D eigenvalue weighted by molar-refractivity contribution is 7.33. The molecule has 0 N–H and O–H groups in total. The van der Waals surface area contributed by atoms with Crippen molar-refractivity contribution in [2.75, 3.05) is 14.7 Å². The first kappa shape index (κ1) is 52.5. The molecule has 9 aromatic carbocycles. The lowest BCUT2D eigenvalue weighted by Crippen LogP contribution is -2.60. The molecular weight excluding hydrogens is 1060 g/mol. The molecule has 0 unspecified atom stereocenters. The molecule has 4 nitrogen and oxygen atoms in total. The Balaban J connectivity index is 0.958. The largest absolute Gasteiger partial charge is 0.454 e. The average Bonchev–Trinajstić information content (AvgIpc) is 1.42. The van der Waals surface area contributed by atoms with E-state index in [9.17, 15) is 0 Å². The Morgan fingerprint density at radius 1 is 0.512 bits per heavy atom. The molecular formula is C80H76BN3OS. The van der Waals surface area contributed by atoms with Crippen molar-refractivity contribution >= 4 is 117 Å². The van der Waals surface area contributed by atoms with Crippen LogP contribution < -0.4 is 30.4 Å². The Labute approximate surface area is 512 Å². The molecule has 4 aliphatic carbocycles. The number of benzene rings is 9. The van der Waals surface area contributed by atoms with Crippen LogP contribution in [0.5, 0.6) is 0 Å². The van der Waals surface area contributed by atoms with Crippen molar-refractivity contribution in [1.29, 1.82) is 0 Å². The summed E-state index contributed by atoms with van der Waals surface area (Å²) in [5, 5.41) is 3.63. The fourth-order valence-electron chi connectivity index (χ4n) is 17.6. The van der Waals surface area contributed by atoms with Gasteiger partial charge in [0.25, 0.3) is 6.71 Å². The van der Waals surface area contributed by atoms with E-state index in [1.165, 1.54) is 132 Å². The SMILES string of the molecule is Cc1cc2c3c(c1)N(c1cccc4c1oc1ccccc14)c1cc(N(c4ccc(C(C)(C)C)cc4)c4ccc(C(C)(C)C)cc4)ccc1B3c1sc3cc4c(cc3c1N2c1ccc2c(c1)C1(c3ccccc3-2)C2CCC1CC2)C(C)(C)CCC4(C)C. The third kappa shape index (κ3) is 7.29. The number of hydrogen-bond donors (Lipinski definition) is 0. The van der Waals surface area contributed by atoms with Crippen molar-refractivity contribution in [1.82, 2.24) is 0 Å². The molecule has 17 rings (SSSR count). The van der Waals surface area contributed by atoms with Crippen molar-refractivity contribution in [3.63, 3.8) is 0 Å². The predicted molar refractivity (Wildman–Crippen MR) is 367 cm³/mol. The number of para-hydroxylation sites is 2.